The van der Waals surface area contributed by atoms with Gasteiger partial charge >= 0.3 is 0 Å². The van der Waals surface area contributed by atoms with Crippen LogP contribution in [0.3, 0.4) is 0 Å². The Kier molecular flexibility index (Phi) is 4.84. The number of carbonyl (C=O) groups is 1. The van der Waals surface area contributed by atoms with Crippen molar-refractivity contribution in [3.05, 3.63) is 87.9 Å². The Balaban J connectivity index is 1.79. The number of rotatable bonds is 4. The molecule has 2 aromatic carbocycles. The molecule has 0 aliphatic rings. The van der Waals surface area contributed by atoms with Gasteiger partial charge in [-0.1, -0.05) is 23.2 Å². The molecule has 0 unspecified atom stereocenters. The monoisotopic (exact) mass is 360 g/mol. The highest BCUT2D eigenvalue weighted by Gasteiger charge is 2.09. The lowest BCUT2D eigenvalue weighted by atomic mass is 10.1. The highest BCUT2D eigenvalue weighted by Crippen LogP contribution is 2.32. The molecule has 120 valence electrons. The van der Waals surface area contributed by atoms with E-state index in [4.69, 9.17) is 27.6 Å². The summed E-state index contributed by atoms with van der Waals surface area (Å²) < 4.78 is 18.5. The molecule has 0 aliphatic carbocycles. The van der Waals surface area contributed by atoms with Crippen molar-refractivity contribution in [1.82, 2.24) is 0 Å². The highest BCUT2D eigenvalue weighted by molar-refractivity contribution is 6.35. The second kappa shape index (κ2) is 7.04. The summed E-state index contributed by atoms with van der Waals surface area (Å²) in [5.74, 6) is 0.422. The van der Waals surface area contributed by atoms with Crippen LogP contribution in [0.25, 0.3) is 17.4 Å². The fourth-order valence-electron chi connectivity index (χ4n) is 2.14. The van der Waals surface area contributed by atoms with Crippen molar-refractivity contribution in [2.45, 2.75) is 0 Å². The predicted octanol–water partition coefficient (Wildman–Crippen LogP) is 6.29. The zero-order valence-electron chi connectivity index (χ0n) is 12.3. The summed E-state index contributed by atoms with van der Waals surface area (Å²) in [7, 11) is 0. The van der Waals surface area contributed by atoms with E-state index in [0.29, 0.717) is 32.7 Å². The van der Waals surface area contributed by atoms with Crippen LogP contribution in [0.1, 0.15) is 16.1 Å². The maximum atomic E-state index is 12.9. The summed E-state index contributed by atoms with van der Waals surface area (Å²) in [6.45, 7) is 0. The maximum Gasteiger partial charge on any atom is 0.185 e. The van der Waals surface area contributed by atoms with Crippen LogP contribution >= 0.6 is 23.2 Å². The van der Waals surface area contributed by atoms with E-state index in [1.807, 2.05) is 0 Å². The van der Waals surface area contributed by atoms with Crippen LogP contribution < -0.4 is 0 Å². The number of benzene rings is 2. The molecule has 1 heterocycles. The van der Waals surface area contributed by atoms with Crippen molar-refractivity contribution in [1.29, 1.82) is 0 Å². The molecular weight excluding hydrogens is 350 g/mol. The van der Waals surface area contributed by atoms with Gasteiger partial charge in [0.25, 0.3) is 0 Å². The third kappa shape index (κ3) is 3.75. The first-order valence-corrected chi connectivity index (χ1v) is 7.82. The molecule has 0 atom stereocenters. The Hall–Kier alpha value is -2.36. The van der Waals surface area contributed by atoms with Crippen molar-refractivity contribution in [3.63, 3.8) is 0 Å². The van der Waals surface area contributed by atoms with Crippen molar-refractivity contribution in [2.24, 2.45) is 0 Å². The van der Waals surface area contributed by atoms with Gasteiger partial charge in [-0.05, 0) is 66.7 Å². The number of hydrogen-bond donors (Lipinski definition) is 0. The quantitative estimate of drug-likeness (QED) is 0.404. The molecule has 0 bridgehead atoms. The Morgan fingerprint density at radius 3 is 2.50 bits per heavy atom. The first-order chi connectivity index (χ1) is 11.5. The van der Waals surface area contributed by atoms with E-state index in [1.165, 1.54) is 30.3 Å². The first kappa shape index (κ1) is 16.5. The molecule has 0 aliphatic heterocycles. The van der Waals surface area contributed by atoms with Gasteiger partial charge in [0.1, 0.15) is 17.3 Å². The second-order valence-corrected chi connectivity index (χ2v) is 5.87. The minimum absolute atomic E-state index is 0.242. The van der Waals surface area contributed by atoms with Gasteiger partial charge in [0.15, 0.2) is 5.78 Å². The van der Waals surface area contributed by atoms with Gasteiger partial charge in [-0.2, -0.15) is 0 Å². The van der Waals surface area contributed by atoms with Crippen LogP contribution in [0.4, 0.5) is 4.39 Å². The minimum atomic E-state index is -0.385. The van der Waals surface area contributed by atoms with Crippen molar-refractivity contribution < 1.29 is 13.6 Å². The fraction of sp³-hybridized carbons (Fsp3) is 0. The topological polar surface area (TPSA) is 30.2 Å². The summed E-state index contributed by atoms with van der Waals surface area (Å²) in [4.78, 5) is 12.0. The zero-order chi connectivity index (χ0) is 17.1. The second-order valence-electron chi connectivity index (χ2n) is 5.03. The summed E-state index contributed by atoms with van der Waals surface area (Å²) in [5.41, 5.74) is 1.07. The molecule has 0 amide bonds. The average Bonchev–Trinajstić information content (AvgIpc) is 3.04. The average molecular weight is 361 g/mol. The molecule has 0 fully saturated rings. The van der Waals surface area contributed by atoms with E-state index in [2.05, 4.69) is 0 Å². The van der Waals surface area contributed by atoms with E-state index in [9.17, 15) is 9.18 Å². The molecule has 0 N–H and O–H groups in total. The number of allylic oxidation sites excluding steroid dienone is 1. The lowest BCUT2D eigenvalue weighted by Crippen LogP contribution is -1.93. The Labute approximate surface area is 148 Å². The predicted molar refractivity (Wildman–Crippen MR) is 93.9 cm³/mol. The van der Waals surface area contributed by atoms with E-state index >= 15 is 0 Å². The summed E-state index contributed by atoms with van der Waals surface area (Å²) in [6, 6.07) is 13.9. The molecule has 1 aromatic heterocycles. The van der Waals surface area contributed by atoms with Gasteiger partial charge in [0.05, 0.1) is 5.02 Å². The molecule has 24 heavy (non-hydrogen) atoms. The Morgan fingerprint density at radius 1 is 1.00 bits per heavy atom. The number of ketones is 1. The number of halogens is 3. The van der Waals surface area contributed by atoms with Crippen LogP contribution in [-0.4, -0.2) is 5.78 Å². The maximum absolute atomic E-state index is 12.9. The van der Waals surface area contributed by atoms with Gasteiger partial charge in [-0.3, -0.25) is 4.79 Å². The molecule has 0 radical (unpaired) electrons. The van der Waals surface area contributed by atoms with E-state index in [0.717, 1.165) is 0 Å². The number of carbonyl (C=O) groups excluding carboxylic acids is 1. The lowest BCUT2D eigenvalue weighted by Gasteiger charge is -2.01. The van der Waals surface area contributed by atoms with Crippen LogP contribution in [0.5, 0.6) is 0 Å². The van der Waals surface area contributed by atoms with Gasteiger partial charge < -0.3 is 4.42 Å². The fourth-order valence-corrected chi connectivity index (χ4v) is 2.52. The SMILES string of the molecule is O=C(C=Cc1ccc(-c2cc(Cl)ccc2Cl)o1)c1ccc(F)cc1. The molecule has 0 saturated heterocycles. The lowest BCUT2D eigenvalue weighted by molar-refractivity contribution is 0.104. The summed E-state index contributed by atoms with van der Waals surface area (Å²) in [6.07, 6.45) is 2.92. The molecule has 3 rings (SSSR count). The standard InChI is InChI=1S/C19H11Cl2FO2/c20-13-3-8-17(21)16(11-13)19-10-7-15(24-19)6-9-18(23)12-1-4-14(22)5-2-12/h1-11H. The molecule has 0 spiro atoms. The normalized spacial score (nSPS) is 11.1. The summed E-state index contributed by atoms with van der Waals surface area (Å²) in [5, 5.41) is 1.07. The third-order valence-electron chi connectivity index (χ3n) is 3.35. The van der Waals surface area contributed by atoms with Crippen LogP contribution in [0.2, 0.25) is 10.0 Å². The van der Waals surface area contributed by atoms with Crippen molar-refractivity contribution >= 4 is 35.1 Å². The van der Waals surface area contributed by atoms with E-state index in [1.54, 1.807) is 36.4 Å². The van der Waals surface area contributed by atoms with E-state index in [-0.39, 0.29) is 11.6 Å². The molecule has 3 aromatic rings. The third-order valence-corrected chi connectivity index (χ3v) is 3.91. The van der Waals surface area contributed by atoms with Gasteiger partial charge in [0, 0.05) is 16.1 Å². The van der Waals surface area contributed by atoms with Gasteiger partial charge in [0.2, 0.25) is 0 Å². The van der Waals surface area contributed by atoms with Crippen LogP contribution in [0.15, 0.2) is 65.1 Å². The molecule has 2 nitrogen and oxygen atoms in total. The number of furan rings is 1. The van der Waals surface area contributed by atoms with Gasteiger partial charge in [-0.25, -0.2) is 4.39 Å². The van der Waals surface area contributed by atoms with E-state index < -0.39 is 0 Å². The zero-order valence-corrected chi connectivity index (χ0v) is 13.8. The molecular formula is C19H11Cl2FO2. The highest BCUT2D eigenvalue weighted by atomic mass is 35.5. The first-order valence-electron chi connectivity index (χ1n) is 7.06. The Bertz CT molecular complexity index is 911. The van der Waals surface area contributed by atoms with Crippen LogP contribution in [-0.2, 0) is 0 Å². The molecule has 5 heteroatoms. The Morgan fingerprint density at radius 2 is 1.75 bits per heavy atom. The van der Waals surface area contributed by atoms with Crippen molar-refractivity contribution in [2.75, 3.05) is 0 Å². The largest absolute Gasteiger partial charge is 0.457 e. The molecule has 0 saturated carbocycles. The summed E-state index contributed by atoms with van der Waals surface area (Å²) >= 11 is 12.1. The minimum Gasteiger partial charge on any atom is -0.457 e. The number of hydrogen-bond acceptors (Lipinski definition) is 2. The van der Waals surface area contributed by atoms with Crippen molar-refractivity contribution in [3.8, 4) is 11.3 Å². The van der Waals surface area contributed by atoms with Gasteiger partial charge in [-0.15, -0.1) is 0 Å². The smallest absolute Gasteiger partial charge is 0.185 e. The van der Waals surface area contributed by atoms with Crippen LogP contribution in [0, 0.1) is 5.82 Å².